The van der Waals surface area contributed by atoms with Crippen LogP contribution in [0.4, 0.5) is 39.5 Å². The van der Waals surface area contributed by atoms with Crippen LogP contribution in [0.2, 0.25) is 10.0 Å². The summed E-state index contributed by atoms with van der Waals surface area (Å²) in [5, 5.41) is 3.20. The average molecular weight is 609 g/mol. The van der Waals surface area contributed by atoms with Gasteiger partial charge in [-0.2, -0.15) is 26.3 Å². The standard InChI is InChI=1S/C24H19Cl2F9N2O2/c1-11(20(38)36-10-23(30,31)32)37-21(39)14-5-3-13(7-16(14)24(33,34)35)19(27)9-15(22(2,28)29)12-4-6-17(25)18(26)8-12/h3-9,11,15H,10H2,1-2H3,(H,36,38)(H,37,39)/b19-9-. The smallest absolute Gasteiger partial charge is 0.345 e. The first kappa shape index (κ1) is 32.3. The van der Waals surface area contributed by atoms with E-state index in [0.717, 1.165) is 19.1 Å². The van der Waals surface area contributed by atoms with E-state index in [4.69, 9.17) is 23.2 Å². The maximum absolute atomic E-state index is 15.0. The zero-order valence-corrected chi connectivity index (χ0v) is 21.4. The number of amides is 2. The van der Waals surface area contributed by atoms with Crippen LogP contribution < -0.4 is 10.6 Å². The second kappa shape index (κ2) is 12.1. The van der Waals surface area contributed by atoms with Crippen molar-refractivity contribution in [2.24, 2.45) is 0 Å². The van der Waals surface area contributed by atoms with E-state index in [1.54, 1.807) is 0 Å². The molecule has 2 amide bonds. The first-order valence-corrected chi connectivity index (χ1v) is 11.5. The summed E-state index contributed by atoms with van der Waals surface area (Å²) < 4.78 is 122. The van der Waals surface area contributed by atoms with Gasteiger partial charge in [-0.25, -0.2) is 13.2 Å². The van der Waals surface area contributed by atoms with Gasteiger partial charge in [0.2, 0.25) is 5.91 Å². The first-order chi connectivity index (χ1) is 17.7. The number of halogens is 11. The molecule has 4 nitrogen and oxygen atoms in total. The summed E-state index contributed by atoms with van der Waals surface area (Å²) >= 11 is 11.6. The van der Waals surface area contributed by atoms with Gasteiger partial charge in [0.1, 0.15) is 18.4 Å². The van der Waals surface area contributed by atoms with Crippen LogP contribution in [0.15, 0.2) is 42.5 Å². The Kier molecular flexibility index (Phi) is 9.99. The van der Waals surface area contributed by atoms with Crippen molar-refractivity contribution in [3.05, 3.63) is 74.8 Å². The van der Waals surface area contributed by atoms with Crippen molar-refractivity contribution >= 4 is 40.8 Å². The van der Waals surface area contributed by atoms with E-state index >= 15 is 4.39 Å². The van der Waals surface area contributed by atoms with Gasteiger partial charge < -0.3 is 10.6 Å². The molecule has 0 saturated carbocycles. The van der Waals surface area contributed by atoms with Crippen LogP contribution in [-0.4, -0.2) is 36.5 Å². The van der Waals surface area contributed by atoms with E-state index in [-0.39, 0.29) is 21.7 Å². The second-order valence-corrected chi connectivity index (χ2v) is 9.22. The number of nitrogens with one attached hydrogen (secondary N) is 2. The third kappa shape index (κ3) is 9.06. The highest BCUT2D eigenvalue weighted by molar-refractivity contribution is 6.42. The minimum atomic E-state index is -5.25. The minimum absolute atomic E-state index is 0.0267. The molecule has 0 radical (unpaired) electrons. The molecule has 2 N–H and O–H groups in total. The summed E-state index contributed by atoms with van der Waals surface area (Å²) in [6, 6.07) is 3.16. The molecule has 15 heteroatoms. The Hall–Kier alpha value is -2.93. The summed E-state index contributed by atoms with van der Waals surface area (Å²) in [5.41, 5.74) is -3.75. The predicted molar refractivity (Wildman–Crippen MR) is 126 cm³/mol. The van der Waals surface area contributed by atoms with Crippen LogP contribution in [0.3, 0.4) is 0 Å². The molecule has 2 unspecified atom stereocenters. The molecule has 214 valence electrons. The molecule has 0 heterocycles. The summed E-state index contributed by atoms with van der Waals surface area (Å²) in [6.45, 7) is -0.341. The van der Waals surface area contributed by atoms with Gasteiger partial charge in [0.15, 0.2) is 0 Å². The van der Waals surface area contributed by atoms with Crippen molar-refractivity contribution < 1.29 is 49.1 Å². The van der Waals surface area contributed by atoms with Gasteiger partial charge in [-0.3, -0.25) is 9.59 Å². The normalized spacial score (nSPS) is 14.5. The lowest BCUT2D eigenvalue weighted by molar-refractivity contribution is -0.139. The van der Waals surface area contributed by atoms with Gasteiger partial charge in [-0.1, -0.05) is 35.3 Å². The van der Waals surface area contributed by atoms with Gasteiger partial charge in [0.25, 0.3) is 11.8 Å². The van der Waals surface area contributed by atoms with Gasteiger partial charge in [-0.15, -0.1) is 0 Å². The molecule has 0 bridgehead atoms. The number of allylic oxidation sites excluding steroid dienone is 1. The van der Waals surface area contributed by atoms with Gasteiger partial charge in [0, 0.05) is 12.5 Å². The molecule has 39 heavy (non-hydrogen) atoms. The summed E-state index contributed by atoms with van der Waals surface area (Å²) in [7, 11) is 0. The summed E-state index contributed by atoms with van der Waals surface area (Å²) in [4.78, 5) is 24.2. The Morgan fingerprint density at radius 3 is 2.08 bits per heavy atom. The monoisotopic (exact) mass is 608 g/mol. The fourth-order valence-electron chi connectivity index (χ4n) is 3.29. The van der Waals surface area contributed by atoms with Crippen molar-refractivity contribution in [3.63, 3.8) is 0 Å². The molecule has 0 fully saturated rings. The van der Waals surface area contributed by atoms with Crippen molar-refractivity contribution in [2.45, 2.75) is 44.1 Å². The number of rotatable bonds is 8. The highest BCUT2D eigenvalue weighted by Gasteiger charge is 2.38. The third-order valence-electron chi connectivity index (χ3n) is 5.21. The molecule has 2 rings (SSSR count). The Bertz CT molecular complexity index is 1260. The van der Waals surface area contributed by atoms with E-state index in [9.17, 15) is 44.7 Å². The quantitative estimate of drug-likeness (QED) is 0.304. The maximum atomic E-state index is 15.0. The number of carbonyl (C=O) groups is 2. The number of carbonyl (C=O) groups excluding carboxylic acids is 2. The Morgan fingerprint density at radius 1 is 0.949 bits per heavy atom. The topological polar surface area (TPSA) is 58.2 Å². The molecular weight excluding hydrogens is 590 g/mol. The lowest BCUT2D eigenvalue weighted by Crippen LogP contribution is -2.47. The Balaban J connectivity index is 2.42. The molecule has 0 aliphatic rings. The van der Waals surface area contributed by atoms with Gasteiger partial charge in [0.05, 0.1) is 27.1 Å². The molecular formula is C24H19Cl2F9N2O2. The summed E-state index contributed by atoms with van der Waals surface area (Å²) in [6.07, 6.45) is -9.62. The van der Waals surface area contributed by atoms with Crippen LogP contribution in [0.1, 0.15) is 46.8 Å². The predicted octanol–water partition coefficient (Wildman–Crippen LogP) is 7.56. The molecule has 0 aliphatic heterocycles. The summed E-state index contributed by atoms with van der Waals surface area (Å²) in [5.74, 6) is -9.87. The van der Waals surface area contributed by atoms with Crippen LogP contribution in [0.5, 0.6) is 0 Å². The highest BCUT2D eigenvalue weighted by atomic mass is 35.5. The Labute approximate surface area is 226 Å². The van der Waals surface area contributed by atoms with Crippen LogP contribution in [0.25, 0.3) is 5.83 Å². The zero-order valence-electron chi connectivity index (χ0n) is 19.9. The van der Waals surface area contributed by atoms with Crippen molar-refractivity contribution in [1.82, 2.24) is 10.6 Å². The van der Waals surface area contributed by atoms with Crippen LogP contribution >= 0.6 is 23.2 Å². The first-order valence-electron chi connectivity index (χ1n) is 10.8. The fraction of sp³-hybridized carbons (Fsp3) is 0.333. The van der Waals surface area contributed by atoms with E-state index in [2.05, 4.69) is 0 Å². The lowest BCUT2D eigenvalue weighted by Gasteiger charge is -2.22. The number of hydrogen-bond acceptors (Lipinski definition) is 2. The zero-order chi connectivity index (χ0) is 29.9. The van der Waals surface area contributed by atoms with Gasteiger partial charge in [-0.05, 0) is 42.8 Å². The largest absolute Gasteiger partial charge is 0.417 e. The highest BCUT2D eigenvalue weighted by Crippen LogP contribution is 2.40. The minimum Gasteiger partial charge on any atom is -0.345 e. The molecule has 0 spiro atoms. The molecule has 0 aliphatic carbocycles. The van der Waals surface area contributed by atoms with Crippen LogP contribution in [-0.2, 0) is 11.0 Å². The molecule has 0 aromatic heterocycles. The SMILES string of the molecule is CC(NC(=O)c1ccc(/C(F)=C/C(c2ccc(Cl)c(Cl)c2)C(C)(F)F)cc1C(F)(F)F)C(=O)NCC(F)(F)F. The van der Waals surface area contributed by atoms with E-state index in [1.807, 2.05) is 5.32 Å². The number of alkyl halides is 8. The van der Waals surface area contributed by atoms with Crippen molar-refractivity contribution in [2.75, 3.05) is 6.54 Å². The fourth-order valence-corrected chi connectivity index (χ4v) is 3.60. The molecule has 2 aromatic rings. The van der Waals surface area contributed by atoms with Crippen molar-refractivity contribution in [3.8, 4) is 0 Å². The van der Waals surface area contributed by atoms with E-state index in [0.29, 0.717) is 25.1 Å². The Morgan fingerprint density at radius 2 is 1.56 bits per heavy atom. The average Bonchev–Trinajstić information content (AvgIpc) is 2.80. The molecule has 0 saturated heterocycles. The maximum Gasteiger partial charge on any atom is 0.417 e. The third-order valence-corrected chi connectivity index (χ3v) is 5.95. The number of benzene rings is 2. The molecule has 2 aromatic carbocycles. The van der Waals surface area contributed by atoms with Crippen molar-refractivity contribution in [1.29, 1.82) is 0 Å². The second-order valence-electron chi connectivity index (χ2n) is 8.41. The van der Waals surface area contributed by atoms with Crippen LogP contribution in [0, 0.1) is 0 Å². The lowest BCUT2D eigenvalue weighted by atomic mass is 9.91. The molecule has 2 atom stereocenters. The van der Waals surface area contributed by atoms with E-state index < -0.39 is 71.1 Å². The van der Waals surface area contributed by atoms with E-state index in [1.165, 1.54) is 11.4 Å². The number of hydrogen-bond donors (Lipinski definition) is 2. The van der Waals surface area contributed by atoms with Gasteiger partial charge >= 0.3 is 12.4 Å².